The van der Waals surface area contributed by atoms with Crippen molar-refractivity contribution in [1.29, 1.82) is 0 Å². The Balaban J connectivity index is 1.59. The van der Waals surface area contributed by atoms with E-state index in [0.29, 0.717) is 41.9 Å². The first-order chi connectivity index (χ1) is 16.3. The molecule has 0 N–H and O–H groups in total. The summed E-state index contributed by atoms with van der Waals surface area (Å²) in [5, 5.41) is 0. The van der Waals surface area contributed by atoms with Gasteiger partial charge in [0.2, 0.25) is 11.5 Å². The van der Waals surface area contributed by atoms with Gasteiger partial charge in [-0.05, 0) is 57.5 Å². The SMILES string of the molecule is COc1cc(C(=O)N(CCC2CCCN2C)CC(C)=Cc2ccccc2)cc2c1OC(C)(C)O2. The van der Waals surface area contributed by atoms with Crippen LogP contribution in [-0.4, -0.2) is 61.3 Å². The highest BCUT2D eigenvalue weighted by Crippen LogP contribution is 2.46. The van der Waals surface area contributed by atoms with Crippen molar-refractivity contribution in [3.63, 3.8) is 0 Å². The summed E-state index contributed by atoms with van der Waals surface area (Å²) in [6.45, 7) is 8.15. The summed E-state index contributed by atoms with van der Waals surface area (Å²) in [5.41, 5.74) is 2.81. The molecule has 2 aromatic rings. The number of nitrogens with zero attached hydrogens (tertiary/aromatic N) is 2. The zero-order valence-corrected chi connectivity index (χ0v) is 21.0. The van der Waals surface area contributed by atoms with Crippen LogP contribution in [0.4, 0.5) is 0 Å². The Morgan fingerprint density at radius 3 is 2.68 bits per heavy atom. The molecule has 4 rings (SSSR count). The second-order valence-corrected chi connectivity index (χ2v) is 9.80. The summed E-state index contributed by atoms with van der Waals surface area (Å²) in [7, 11) is 3.76. The summed E-state index contributed by atoms with van der Waals surface area (Å²) in [4.78, 5) is 18.1. The second kappa shape index (κ2) is 10.1. The Morgan fingerprint density at radius 2 is 2.00 bits per heavy atom. The van der Waals surface area contributed by atoms with E-state index >= 15 is 0 Å². The van der Waals surface area contributed by atoms with Crippen molar-refractivity contribution in [2.45, 2.75) is 51.9 Å². The minimum Gasteiger partial charge on any atom is -0.493 e. The second-order valence-electron chi connectivity index (χ2n) is 9.80. The summed E-state index contributed by atoms with van der Waals surface area (Å²) in [6, 6.07) is 14.3. The Morgan fingerprint density at radius 1 is 1.24 bits per heavy atom. The molecule has 182 valence electrons. The van der Waals surface area contributed by atoms with Gasteiger partial charge in [0.25, 0.3) is 5.91 Å². The van der Waals surface area contributed by atoms with E-state index in [2.05, 4.69) is 37.1 Å². The van der Waals surface area contributed by atoms with Crippen molar-refractivity contribution >= 4 is 12.0 Å². The summed E-state index contributed by atoms with van der Waals surface area (Å²) in [5.74, 6) is 0.774. The lowest BCUT2D eigenvalue weighted by molar-refractivity contribution is -0.0439. The van der Waals surface area contributed by atoms with Crippen LogP contribution in [0.2, 0.25) is 0 Å². The largest absolute Gasteiger partial charge is 0.493 e. The molecule has 1 atom stereocenters. The molecule has 6 nitrogen and oxygen atoms in total. The fraction of sp³-hybridized carbons (Fsp3) is 0.464. The van der Waals surface area contributed by atoms with Gasteiger partial charge in [-0.15, -0.1) is 0 Å². The zero-order valence-electron chi connectivity index (χ0n) is 21.0. The Hall–Kier alpha value is -2.99. The van der Waals surface area contributed by atoms with Crippen LogP contribution < -0.4 is 14.2 Å². The topological polar surface area (TPSA) is 51.2 Å². The van der Waals surface area contributed by atoms with Crippen LogP contribution in [0.3, 0.4) is 0 Å². The number of fused-ring (bicyclic) bond motifs is 1. The summed E-state index contributed by atoms with van der Waals surface area (Å²) < 4.78 is 17.4. The molecule has 0 spiro atoms. The minimum absolute atomic E-state index is 0.0316. The molecular formula is C28H36N2O4. The number of likely N-dealkylation sites (tertiary alicyclic amines) is 1. The molecule has 34 heavy (non-hydrogen) atoms. The fourth-order valence-electron chi connectivity index (χ4n) is 4.82. The van der Waals surface area contributed by atoms with Crippen molar-refractivity contribution in [2.75, 3.05) is 33.8 Å². The average molecular weight is 465 g/mol. The number of hydrogen-bond donors (Lipinski definition) is 0. The van der Waals surface area contributed by atoms with Crippen LogP contribution >= 0.6 is 0 Å². The van der Waals surface area contributed by atoms with E-state index in [9.17, 15) is 4.79 Å². The maximum Gasteiger partial charge on any atom is 0.254 e. The molecule has 2 aliphatic rings. The Labute approximate surface area is 203 Å². The minimum atomic E-state index is -0.793. The molecule has 6 heteroatoms. The molecule has 1 amide bonds. The quantitative estimate of drug-likeness (QED) is 0.535. The highest BCUT2D eigenvalue weighted by Gasteiger charge is 2.36. The van der Waals surface area contributed by atoms with E-state index < -0.39 is 5.79 Å². The molecule has 1 saturated heterocycles. The predicted octanol–water partition coefficient (Wildman–Crippen LogP) is 5.23. The van der Waals surface area contributed by atoms with E-state index in [-0.39, 0.29) is 5.91 Å². The smallest absolute Gasteiger partial charge is 0.254 e. The van der Waals surface area contributed by atoms with Crippen LogP contribution in [0.5, 0.6) is 17.2 Å². The van der Waals surface area contributed by atoms with E-state index in [1.165, 1.54) is 12.8 Å². The highest BCUT2D eigenvalue weighted by atomic mass is 16.7. The van der Waals surface area contributed by atoms with Gasteiger partial charge >= 0.3 is 0 Å². The predicted molar refractivity (Wildman–Crippen MR) is 135 cm³/mol. The van der Waals surface area contributed by atoms with Gasteiger partial charge in [-0.25, -0.2) is 0 Å². The normalized spacial score (nSPS) is 19.3. The van der Waals surface area contributed by atoms with Gasteiger partial charge in [0.15, 0.2) is 11.5 Å². The van der Waals surface area contributed by atoms with Crippen molar-refractivity contribution in [2.24, 2.45) is 0 Å². The molecule has 0 aromatic heterocycles. The Bertz CT molecular complexity index is 1050. The van der Waals surface area contributed by atoms with Gasteiger partial charge in [0.1, 0.15) is 0 Å². The number of carbonyl (C=O) groups excluding carboxylic acids is 1. The number of rotatable bonds is 8. The molecular weight excluding hydrogens is 428 g/mol. The molecule has 0 radical (unpaired) electrons. The number of benzene rings is 2. The third kappa shape index (κ3) is 5.55. The van der Waals surface area contributed by atoms with Gasteiger partial charge in [0.05, 0.1) is 7.11 Å². The molecule has 2 aromatic carbocycles. The molecule has 1 unspecified atom stereocenters. The first-order valence-corrected chi connectivity index (χ1v) is 12.1. The first-order valence-electron chi connectivity index (χ1n) is 12.1. The standard InChI is InChI=1S/C28H36N2O4/c1-20(16-21-10-7-6-8-11-21)19-30(15-13-23-12-9-14-29(23)4)27(31)22-17-24(32-5)26-25(18-22)33-28(2,3)34-26/h6-8,10-11,16-18,23H,9,12-15,19H2,1-5H3. The van der Waals surface area contributed by atoms with E-state index in [1.807, 2.05) is 36.9 Å². The molecule has 1 fully saturated rings. The van der Waals surface area contributed by atoms with E-state index in [0.717, 1.165) is 24.1 Å². The number of methoxy groups -OCH3 is 1. The summed E-state index contributed by atoms with van der Waals surface area (Å²) >= 11 is 0. The number of amides is 1. The third-order valence-electron chi connectivity index (χ3n) is 6.54. The number of carbonyl (C=O) groups is 1. The monoisotopic (exact) mass is 464 g/mol. The maximum absolute atomic E-state index is 13.8. The molecule has 0 saturated carbocycles. The van der Waals surface area contributed by atoms with Crippen LogP contribution in [0.15, 0.2) is 48.0 Å². The summed E-state index contributed by atoms with van der Waals surface area (Å²) in [6.07, 6.45) is 5.50. The number of hydrogen-bond acceptors (Lipinski definition) is 5. The van der Waals surface area contributed by atoms with Gasteiger partial charge in [-0.1, -0.05) is 42.0 Å². The van der Waals surface area contributed by atoms with Gasteiger partial charge in [0, 0.05) is 38.5 Å². The molecule has 2 aliphatic heterocycles. The zero-order chi connectivity index (χ0) is 24.3. The van der Waals surface area contributed by atoms with Gasteiger partial charge < -0.3 is 24.0 Å². The van der Waals surface area contributed by atoms with Crippen LogP contribution in [0.25, 0.3) is 6.08 Å². The van der Waals surface area contributed by atoms with Crippen LogP contribution in [-0.2, 0) is 0 Å². The fourth-order valence-corrected chi connectivity index (χ4v) is 4.82. The lowest BCUT2D eigenvalue weighted by Gasteiger charge is -2.27. The third-order valence-corrected chi connectivity index (χ3v) is 6.54. The lowest BCUT2D eigenvalue weighted by Crippen LogP contribution is -2.37. The van der Waals surface area contributed by atoms with Gasteiger partial charge in [-0.2, -0.15) is 0 Å². The lowest BCUT2D eigenvalue weighted by atomic mass is 10.1. The first kappa shape index (κ1) is 24.1. The van der Waals surface area contributed by atoms with E-state index in [4.69, 9.17) is 14.2 Å². The van der Waals surface area contributed by atoms with Gasteiger partial charge in [-0.3, -0.25) is 4.79 Å². The average Bonchev–Trinajstić information content (AvgIpc) is 3.36. The van der Waals surface area contributed by atoms with Crippen LogP contribution in [0.1, 0.15) is 56.0 Å². The number of ether oxygens (including phenoxy) is 3. The molecule has 0 aliphatic carbocycles. The maximum atomic E-state index is 13.8. The van der Waals surface area contributed by atoms with Crippen molar-refractivity contribution in [3.8, 4) is 17.2 Å². The van der Waals surface area contributed by atoms with E-state index in [1.54, 1.807) is 19.2 Å². The van der Waals surface area contributed by atoms with Crippen LogP contribution in [0, 0.1) is 0 Å². The molecule has 2 heterocycles. The van der Waals surface area contributed by atoms with Crippen molar-refractivity contribution in [1.82, 2.24) is 9.80 Å². The van der Waals surface area contributed by atoms with Crippen molar-refractivity contribution in [3.05, 3.63) is 59.2 Å². The molecule has 0 bridgehead atoms. The van der Waals surface area contributed by atoms with Crippen molar-refractivity contribution < 1.29 is 19.0 Å². The highest BCUT2D eigenvalue weighted by molar-refractivity contribution is 5.96. The Kier molecular flexibility index (Phi) is 7.17.